The molecule has 54 heavy (non-hydrogen) atoms. The summed E-state index contributed by atoms with van der Waals surface area (Å²) in [5, 5.41) is 4.74. The van der Waals surface area contributed by atoms with Crippen molar-refractivity contribution in [3.8, 4) is 28.5 Å². The van der Waals surface area contributed by atoms with Gasteiger partial charge < -0.3 is 4.57 Å². The number of benzene rings is 5. The van der Waals surface area contributed by atoms with Gasteiger partial charge in [-0.25, -0.2) is 19.9 Å². The number of rotatable bonds is 5. The van der Waals surface area contributed by atoms with Crippen LogP contribution >= 0.6 is 0 Å². The van der Waals surface area contributed by atoms with Gasteiger partial charge in [0.2, 0.25) is 5.95 Å². The quantitative estimate of drug-likeness (QED) is 0.180. The molecule has 0 fully saturated rings. The molecule has 6 heteroatoms. The molecule has 2 aliphatic carbocycles. The summed E-state index contributed by atoms with van der Waals surface area (Å²) in [4.78, 5) is 21.6. The second kappa shape index (κ2) is 12.3. The lowest BCUT2D eigenvalue weighted by Gasteiger charge is -2.17. The first-order chi connectivity index (χ1) is 26.8. The van der Waals surface area contributed by atoms with E-state index in [2.05, 4.69) is 155 Å². The molecule has 0 saturated heterocycles. The number of hydrogen-bond acceptors (Lipinski definition) is 4. The lowest BCUT2D eigenvalue weighted by atomic mass is 10.0. The monoisotopic (exact) mass is 694 g/mol. The molecule has 0 aliphatic heterocycles. The van der Waals surface area contributed by atoms with Crippen LogP contribution in [0.1, 0.15) is 31.5 Å². The van der Waals surface area contributed by atoms with E-state index in [1.807, 2.05) is 12.1 Å². The van der Waals surface area contributed by atoms with Crippen LogP contribution in [0.4, 0.5) is 0 Å². The fourth-order valence-corrected chi connectivity index (χ4v) is 8.39. The van der Waals surface area contributed by atoms with Gasteiger partial charge in [-0.1, -0.05) is 140 Å². The zero-order chi connectivity index (χ0) is 35.6. The van der Waals surface area contributed by atoms with Crippen LogP contribution < -0.4 is 0 Å². The number of allylic oxidation sites excluding steroid dienone is 8. The third-order valence-corrected chi connectivity index (χ3v) is 10.8. The summed E-state index contributed by atoms with van der Waals surface area (Å²) in [6, 6.07) is 42.7. The molecule has 0 spiro atoms. The van der Waals surface area contributed by atoms with Crippen molar-refractivity contribution in [1.29, 1.82) is 0 Å². The lowest BCUT2D eigenvalue weighted by Crippen LogP contribution is -2.08. The first-order valence-electron chi connectivity index (χ1n) is 18.7. The molecule has 9 aromatic rings. The van der Waals surface area contributed by atoms with Gasteiger partial charge in [0.25, 0.3) is 0 Å². The molecule has 4 aromatic heterocycles. The van der Waals surface area contributed by atoms with Crippen LogP contribution in [0.25, 0.3) is 94.4 Å². The number of nitrogens with zero attached hydrogens (tertiary/aromatic N) is 6. The van der Waals surface area contributed by atoms with E-state index in [9.17, 15) is 0 Å². The maximum Gasteiger partial charge on any atom is 0.236 e. The lowest BCUT2D eigenvalue weighted by molar-refractivity contribution is 0.974. The van der Waals surface area contributed by atoms with Crippen LogP contribution in [0.15, 0.2) is 158 Å². The van der Waals surface area contributed by atoms with E-state index >= 15 is 0 Å². The van der Waals surface area contributed by atoms with Crippen molar-refractivity contribution in [2.24, 2.45) is 0 Å². The molecular formula is C48H34N6. The molecule has 0 bridgehead atoms. The second-order valence-corrected chi connectivity index (χ2v) is 14.0. The van der Waals surface area contributed by atoms with Crippen LogP contribution in [0.3, 0.4) is 0 Å². The van der Waals surface area contributed by atoms with E-state index in [1.54, 1.807) is 0 Å². The highest BCUT2D eigenvalue weighted by molar-refractivity contribution is 6.24. The molecule has 0 amide bonds. The van der Waals surface area contributed by atoms with E-state index in [4.69, 9.17) is 19.9 Å². The van der Waals surface area contributed by atoms with Crippen LogP contribution in [0.2, 0.25) is 0 Å². The minimum atomic E-state index is 0.583. The third kappa shape index (κ3) is 4.73. The topological polar surface area (TPSA) is 61.4 Å². The molecule has 4 heterocycles. The molecule has 6 nitrogen and oxygen atoms in total. The summed E-state index contributed by atoms with van der Waals surface area (Å²) in [6.45, 7) is 0. The molecular weight excluding hydrogens is 661 g/mol. The Labute approximate surface area is 311 Å². The summed E-state index contributed by atoms with van der Waals surface area (Å²) in [7, 11) is 0. The predicted molar refractivity (Wildman–Crippen MR) is 222 cm³/mol. The number of hydrogen-bond donors (Lipinski definition) is 0. The Hall–Kier alpha value is -6.92. The van der Waals surface area contributed by atoms with E-state index in [1.165, 1.54) is 22.0 Å². The zero-order valence-electron chi connectivity index (χ0n) is 29.5. The van der Waals surface area contributed by atoms with Gasteiger partial charge in [-0.15, -0.1) is 0 Å². The average Bonchev–Trinajstić information content (AvgIpc) is 3.77. The standard InChI is InChI=1S/C48H34N6/c1-5-17-31(18-6-1)41-44-43(50-47(49-41)33-21-9-3-10-22-33)42(32-19-7-2-8-20-32)51-48(52-44)54-40-28-16-14-26-36(40)38-30-29-37-35-25-13-15-27-39(35)53(45(37)46(38)54)34-23-11-4-12-24-34/h1-2,4-9,11,13-23,25-30H,3,10,12,24H2. The first-order valence-corrected chi connectivity index (χ1v) is 18.7. The van der Waals surface area contributed by atoms with Crippen LogP contribution in [0, 0.1) is 0 Å². The molecule has 0 N–H and O–H groups in total. The van der Waals surface area contributed by atoms with Crippen molar-refractivity contribution >= 4 is 65.9 Å². The molecule has 0 atom stereocenters. The van der Waals surface area contributed by atoms with Gasteiger partial charge in [-0.3, -0.25) is 4.57 Å². The Bertz CT molecular complexity index is 3090. The zero-order valence-corrected chi connectivity index (χ0v) is 29.5. The Morgan fingerprint density at radius 1 is 0.481 bits per heavy atom. The third-order valence-electron chi connectivity index (χ3n) is 10.8. The average molecular weight is 695 g/mol. The number of para-hydroxylation sites is 2. The maximum absolute atomic E-state index is 5.53. The van der Waals surface area contributed by atoms with E-state index in [0.717, 1.165) is 86.6 Å². The van der Waals surface area contributed by atoms with E-state index in [-0.39, 0.29) is 0 Å². The minimum Gasteiger partial charge on any atom is -0.311 e. The van der Waals surface area contributed by atoms with Crippen molar-refractivity contribution in [1.82, 2.24) is 29.1 Å². The first kappa shape index (κ1) is 30.7. The number of fused-ring (bicyclic) bond motifs is 8. The molecule has 0 saturated carbocycles. The largest absolute Gasteiger partial charge is 0.311 e. The minimum absolute atomic E-state index is 0.583. The van der Waals surface area contributed by atoms with E-state index in [0.29, 0.717) is 17.3 Å². The van der Waals surface area contributed by atoms with Crippen molar-refractivity contribution < 1.29 is 0 Å². The summed E-state index contributed by atoms with van der Waals surface area (Å²) in [5.74, 6) is 1.27. The molecule has 2 aliphatic rings. The van der Waals surface area contributed by atoms with Crippen LogP contribution in [-0.2, 0) is 0 Å². The fraction of sp³-hybridized carbons (Fsp3) is 0.0833. The Kier molecular flexibility index (Phi) is 7.02. The molecule has 256 valence electrons. The highest BCUT2D eigenvalue weighted by Crippen LogP contribution is 2.43. The van der Waals surface area contributed by atoms with Crippen molar-refractivity contribution in [2.75, 3.05) is 0 Å². The smallest absolute Gasteiger partial charge is 0.236 e. The fourth-order valence-electron chi connectivity index (χ4n) is 8.39. The van der Waals surface area contributed by atoms with Gasteiger partial charge in [0.05, 0.1) is 22.1 Å². The normalized spacial score (nSPS) is 14.4. The van der Waals surface area contributed by atoms with Crippen molar-refractivity contribution in [3.05, 3.63) is 164 Å². The highest BCUT2D eigenvalue weighted by Gasteiger charge is 2.25. The van der Waals surface area contributed by atoms with Gasteiger partial charge >= 0.3 is 0 Å². The van der Waals surface area contributed by atoms with Crippen molar-refractivity contribution in [2.45, 2.75) is 25.7 Å². The molecule has 5 aromatic carbocycles. The predicted octanol–water partition coefficient (Wildman–Crippen LogP) is 11.9. The van der Waals surface area contributed by atoms with Crippen LogP contribution in [-0.4, -0.2) is 29.1 Å². The molecule has 11 rings (SSSR count). The Balaban J connectivity index is 1.32. The highest BCUT2D eigenvalue weighted by atomic mass is 15.2. The van der Waals surface area contributed by atoms with Gasteiger partial charge in [0, 0.05) is 43.9 Å². The summed E-state index contributed by atoms with van der Waals surface area (Å²) >= 11 is 0. The Morgan fingerprint density at radius 2 is 1.09 bits per heavy atom. The number of aromatic nitrogens is 6. The van der Waals surface area contributed by atoms with E-state index < -0.39 is 0 Å². The summed E-state index contributed by atoms with van der Waals surface area (Å²) in [6.07, 6.45) is 17.2. The van der Waals surface area contributed by atoms with Gasteiger partial charge in [0.1, 0.15) is 22.4 Å². The second-order valence-electron chi connectivity index (χ2n) is 14.0. The summed E-state index contributed by atoms with van der Waals surface area (Å²) in [5.41, 5.74) is 11.7. The van der Waals surface area contributed by atoms with Gasteiger partial charge in [-0.2, -0.15) is 0 Å². The molecule has 0 radical (unpaired) electrons. The maximum atomic E-state index is 5.53. The van der Waals surface area contributed by atoms with Gasteiger partial charge in [-0.05, 0) is 43.9 Å². The SMILES string of the molecule is C1=CCCC(n2c3ccccc3c3ccc4c5ccccc5n(-c5nc(-c6ccccc6)c6nc(C7=CCCC=C7)nc(-c7ccccc7)c6n5)c4c32)=C1. The van der Waals surface area contributed by atoms with Gasteiger partial charge in [0.15, 0.2) is 5.82 Å². The molecule has 0 unspecified atom stereocenters. The van der Waals surface area contributed by atoms with Crippen LogP contribution in [0.5, 0.6) is 0 Å². The summed E-state index contributed by atoms with van der Waals surface area (Å²) < 4.78 is 4.75. The Morgan fingerprint density at radius 3 is 1.74 bits per heavy atom. The van der Waals surface area contributed by atoms with Crippen molar-refractivity contribution in [3.63, 3.8) is 0 Å².